The van der Waals surface area contributed by atoms with Crippen molar-refractivity contribution in [3.8, 4) is 5.75 Å². The minimum atomic E-state index is -0.401. The van der Waals surface area contributed by atoms with Crippen LogP contribution in [0.5, 0.6) is 5.75 Å². The zero-order valence-electron chi connectivity index (χ0n) is 23.2. The van der Waals surface area contributed by atoms with Gasteiger partial charge in [-0.15, -0.1) is 11.8 Å². The Bertz CT molecular complexity index is 1100. The van der Waals surface area contributed by atoms with Gasteiger partial charge in [0.1, 0.15) is 11.6 Å². The van der Waals surface area contributed by atoms with E-state index in [-0.39, 0.29) is 11.3 Å². The Morgan fingerprint density at radius 3 is 2.75 bits per heavy atom. The topological polar surface area (TPSA) is 53.9 Å². The quantitative estimate of drug-likeness (QED) is 0.466. The molecule has 3 heterocycles. The van der Waals surface area contributed by atoms with Crippen molar-refractivity contribution in [3.63, 3.8) is 0 Å². The lowest BCUT2D eigenvalue weighted by Crippen LogP contribution is -2.46. The molecule has 3 aliphatic rings. The van der Waals surface area contributed by atoms with E-state index >= 15 is 0 Å². The number of carbonyl (C=O) groups excluding carboxylic acids is 1. The summed E-state index contributed by atoms with van der Waals surface area (Å²) >= 11 is 1.93. The zero-order chi connectivity index (χ0) is 26.0. The molecular weight excluding hydrogens is 466 g/mol. The van der Waals surface area contributed by atoms with Crippen molar-refractivity contribution in [2.45, 2.75) is 90.8 Å². The molecule has 196 valence electrons. The highest BCUT2D eigenvalue weighted by atomic mass is 32.2. The fraction of sp³-hybridized carbons (Fsp3) is 0.600. The predicted octanol–water partition coefficient (Wildman–Crippen LogP) is 6.65. The van der Waals surface area contributed by atoms with Gasteiger partial charge in [0, 0.05) is 36.0 Å². The summed E-state index contributed by atoms with van der Waals surface area (Å²) < 4.78 is 5.91. The van der Waals surface area contributed by atoms with Gasteiger partial charge in [0.05, 0.1) is 12.0 Å². The van der Waals surface area contributed by atoms with Gasteiger partial charge < -0.3 is 15.0 Å². The molecule has 2 unspecified atom stereocenters. The second kappa shape index (κ2) is 11.0. The first-order valence-corrected chi connectivity index (χ1v) is 14.4. The largest absolute Gasteiger partial charge is 0.493 e. The van der Waals surface area contributed by atoms with Gasteiger partial charge in [-0.3, -0.25) is 4.79 Å². The van der Waals surface area contributed by atoms with Gasteiger partial charge in [-0.05, 0) is 73.8 Å². The average Bonchev–Trinajstić information content (AvgIpc) is 3.15. The molecule has 1 fully saturated rings. The van der Waals surface area contributed by atoms with Gasteiger partial charge in [-0.2, -0.15) is 0 Å². The van der Waals surface area contributed by atoms with Crippen LogP contribution in [0.25, 0.3) is 0 Å². The minimum Gasteiger partial charge on any atom is -0.493 e. The number of aliphatic imine (C=N–C) groups is 1. The number of hydrogen-bond acceptors (Lipinski definition) is 5. The van der Waals surface area contributed by atoms with Crippen LogP contribution >= 0.6 is 11.8 Å². The van der Waals surface area contributed by atoms with E-state index in [1.807, 2.05) is 32.5 Å². The SMILES string of the molecule is CCC1=CN=C2C(=C(C)C1)CCC(C)C(Sc1cc3c(cc1C)CCO3)N2CCNC(=O)C(C)(C)C. The van der Waals surface area contributed by atoms with Crippen LogP contribution in [-0.2, 0) is 11.2 Å². The molecule has 1 aromatic carbocycles. The lowest BCUT2D eigenvalue weighted by atomic mass is 9.96. The number of rotatable bonds is 6. The van der Waals surface area contributed by atoms with Crippen molar-refractivity contribution in [2.75, 3.05) is 19.7 Å². The molecule has 3 aliphatic heterocycles. The van der Waals surface area contributed by atoms with Gasteiger partial charge >= 0.3 is 0 Å². The number of ether oxygens (including phenoxy) is 1. The van der Waals surface area contributed by atoms with E-state index in [2.05, 4.69) is 56.2 Å². The molecule has 1 N–H and O–H groups in total. The van der Waals surface area contributed by atoms with Crippen LogP contribution in [0.2, 0.25) is 0 Å². The third-order valence-electron chi connectivity index (χ3n) is 7.57. The summed E-state index contributed by atoms with van der Waals surface area (Å²) in [6, 6.07) is 4.54. The van der Waals surface area contributed by atoms with Gasteiger partial charge in [0.2, 0.25) is 5.91 Å². The number of amidine groups is 1. The number of carbonyl (C=O) groups is 1. The monoisotopic (exact) mass is 509 g/mol. The fourth-order valence-electron chi connectivity index (χ4n) is 5.20. The summed E-state index contributed by atoms with van der Waals surface area (Å²) in [5, 5.41) is 3.40. The maximum atomic E-state index is 12.6. The first-order chi connectivity index (χ1) is 17.1. The number of allylic oxidation sites excluding steroid dienone is 2. The third-order valence-corrected chi connectivity index (χ3v) is 9.23. The van der Waals surface area contributed by atoms with E-state index in [1.165, 1.54) is 32.7 Å². The van der Waals surface area contributed by atoms with E-state index < -0.39 is 5.41 Å². The van der Waals surface area contributed by atoms with E-state index in [1.54, 1.807) is 0 Å². The Hall–Kier alpha value is -2.21. The Kier molecular flexibility index (Phi) is 8.23. The van der Waals surface area contributed by atoms with Crippen LogP contribution in [-0.4, -0.2) is 41.7 Å². The summed E-state index contributed by atoms with van der Waals surface area (Å²) in [6.07, 6.45) is 7.28. The second-order valence-electron chi connectivity index (χ2n) is 11.6. The lowest BCUT2D eigenvalue weighted by Gasteiger charge is -2.36. The third kappa shape index (κ3) is 5.85. The van der Waals surface area contributed by atoms with Crippen LogP contribution in [0.4, 0.5) is 0 Å². The Balaban J connectivity index is 1.69. The maximum Gasteiger partial charge on any atom is 0.225 e. The Morgan fingerprint density at radius 1 is 1.25 bits per heavy atom. The highest BCUT2D eigenvalue weighted by Crippen LogP contribution is 2.42. The van der Waals surface area contributed by atoms with Crippen molar-refractivity contribution < 1.29 is 9.53 Å². The van der Waals surface area contributed by atoms with Crippen molar-refractivity contribution >= 4 is 23.5 Å². The Morgan fingerprint density at radius 2 is 2.03 bits per heavy atom. The van der Waals surface area contributed by atoms with Gasteiger partial charge in [-0.25, -0.2) is 4.99 Å². The number of nitrogens with one attached hydrogen (secondary N) is 1. The van der Waals surface area contributed by atoms with Crippen LogP contribution < -0.4 is 10.1 Å². The molecule has 36 heavy (non-hydrogen) atoms. The molecule has 0 bridgehead atoms. The molecule has 4 rings (SSSR count). The number of hydrogen-bond donors (Lipinski definition) is 1. The number of amides is 1. The number of thioether (sulfide) groups is 1. The molecule has 1 aromatic rings. The van der Waals surface area contributed by atoms with E-state index in [4.69, 9.17) is 9.73 Å². The minimum absolute atomic E-state index is 0.0871. The molecule has 0 radical (unpaired) electrons. The van der Waals surface area contributed by atoms with Gasteiger partial charge in [0.15, 0.2) is 0 Å². The normalized spacial score (nSPS) is 22.1. The van der Waals surface area contributed by atoms with E-state index in [0.717, 1.165) is 56.8 Å². The molecule has 1 saturated heterocycles. The van der Waals surface area contributed by atoms with Crippen molar-refractivity contribution in [2.24, 2.45) is 16.3 Å². The molecular formula is C30H43N3O2S. The standard InChI is InChI=1S/C30H43N3O2S/c1-8-22-15-20(3)24-10-9-19(2)28(36-26-17-25-23(11-14-35-25)16-21(26)4)33(27(24)32-18-22)13-12-31-29(34)30(5,6)7/h16-19,28H,8-15H2,1-7H3,(H,31,34). The van der Waals surface area contributed by atoms with Crippen LogP contribution in [0.3, 0.4) is 0 Å². The molecule has 0 saturated carbocycles. The molecule has 2 atom stereocenters. The highest BCUT2D eigenvalue weighted by Gasteiger charge is 2.35. The first kappa shape index (κ1) is 26.8. The molecule has 0 aromatic heterocycles. The summed E-state index contributed by atoms with van der Waals surface area (Å²) in [6.45, 7) is 17.1. The molecule has 0 spiro atoms. The first-order valence-electron chi connectivity index (χ1n) is 13.5. The molecule has 1 amide bonds. The predicted molar refractivity (Wildman–Crippen MR) is 151 cm³/mol. The maximum absolute atomic E-state index is 12.6. The summed E-state index contributed by atoms with van der Waals surface area (Å²) in [5.41, 5.74) is 6.43. The fourth-order valence-corrected chi connectivity index (χ4v) is 6.58. The smallest absolute Gasteiger partial charge is 0.225 e. The number of likely N-dealkylation sites (tertiary alicyclic amines) is 1. The second-order valence-corrected chi connectivity index (χ2v) is 12.7. The van der Waals surface area contributed by atoms with Crippen LogP contribution in [0, 0.1) is 18.3 Å². The van der Waals surface area contributed by atoms with Crippen molar-refractivity contribution in [3.05, 3.63) is 46.2 Å². The van der Waals surface area contributed by atoms with Gasteiger partial charge in [-0.1, -0.05) is 46.3 Å². The number of fused-ring (bicyclic) bond motifs is 2. The van der Waals surface area contributed by atoms with E-state index in [9.17, 15) is 4.79 Å². The van der Waals surface area contributed by atoms with E-state index in [0.29, 0.717) is 12.5 Å². The van der Waals surface area contributed by atoms with Crippen LogP contribution in [0.1, 0.15) is 78.4 Å². The molecule has 0 aliphatic carbocycles. The van der Waals surface area contributed by atoms with Crippen molar-refractivity contribution in [1.29, 1.82) is 0 Å². The lowest BCUT2D eigenvalue weighted by molar-refractivity contribution is -0.128. The highest BCUT2D eigenvalue weighted by molar-refractivity contribution is 8.00. The van der Waals surface area contributed by atoms with Gasteiger partial charge in [0.25, 0.3) is 0 Å². The number of nitrogens with zero attached hydrogens (tertiary/aromatic N) is 2. The molecule has 5 nitrogen and oxygen atoms in total. The summed E-state index contributed by atoms with van der Waals surface area (Å²) in [5.74, 6) is 2.68. The summed E-state index contributed by atoms with van der Waals surface area (Å²) in [4.78, 5) is 21.5. The molecule has 6 heteroatoms. The Labute approximate surface area is 221 Å². The average molecular weight is 510 g/mol. The zero-order valence-corrected chi connectivity index (χ0v) is 24.0. The number of benzene rings is 1. The summed E-state index contributed by atoms with van der Waals surface area (Å²) in [7, 11) is 0. The van der Waals surface area contributed by atoms with Crippen LogP contribution in [0.15, 0.2) is 44.9 Å². The van der Waals surface area contributed by atoms with Crippen molar-refractivity contribution in [1.82, 2.24) is 10.2 Å². The number of aryl methyl sites for hydroxylation is 1.